The zero-order valence-corrected chi connectivity index (χ0v) is 26.7. The second-order valence-electron chi connectivity index (χ2n) is 12.1. The Morgan fingerprint density at radius 3 is 1.55 bits per heavy atom. The molecule has 0 aliphatic carbocycles. The highest BCUT2D eigenvalue weighted by Gasteiger charge is 2.44. The van der Waals surface area contributed by atoms with E-state index in [1.807, 2.05) is 18.4 Å². The number of thioether (sulfide) groups is 1. The van der Waals surface area contributed by atoms with Crippen molar-refractivity contribution in [2.45, 2.75) is 86.4 Å². The molecule has 0 radical (unpaired) electrons. The van der Waals surface area contributed by atoms with Crippen molar-refractivity contribution < 1.29 is 53.8 Å². The number of sulfone groups is 1. The summed E-state index contributed by atoms with van der Waals surface area (Å²) in [5, 5.41) is 0. The Morgan fingerprint density at radius 2 is 1.16 bits per heavy atom. The minimum absolute atomic E-state index is 0.0179. The molecular weight excluding hydrogens is 634 g/mol. The number of ketones is 2. The predicted octanol–water partition coefficient (Wildman–Crippen LogP) is 6.97. The molecule has 0 aromatic heterocycles. The maximum absolute atomic E-state index is 12.6. The SMILES string of the molecule is CC(C)(CC(=O)C(F)(F)F)c1cc(S(C)(=O)=O)cc2c1OCC2.CSc1cc2c(c(C(C)(C)CC(=O)C(F)(F)F)c1)OCC2. The van der Waals surface area contributed by atoms with E-state index in [1.54, 1.807) is 13.8 Å². The largest absolute Gasteiger partial charge is 0.493 e. The van der Waals surface area contributed by atoms with Gasteiger partial charge in [-0.1, -0.05) is 27.7 Å². The van der Waals surface area contributed by atoms with Crippen LogP contribution in [0.1, 0.15) is 62.8 Å². The Morgan fingerprint density at radius 1 is 0.750 bits per heavy atom. The van der Waals surface area contributed by atoms with Gasteiger partial charge in [-0.2, -0.15) is 26.3 Å². The molecule has 0 N–H and O–H groups in total. The third-order valence-corrected chi connectivity index (χ3v) is 9.27. The van der Waals surface area contributed by atoms with Crippen LogP contribution in [0.15, 0.2) is 34.1 Å². The average molecular weight is 669 g/mol. The number of Topliss-reactive ketones (excluding diaryl/α,β-unsaturated/α-hetero) is 2. The van der Waals surface area contributed by atoms with E-state index in [-0.39, 0.29) is 4.90 Å². The molecule has 0 fully saturated rings. The van der Waals surface area contributed by atoms with E-state index in [1.165, 1.54) is 37.7 Å². The highest BCUT2D eigenvalue weighted by molar-refractivity contribution is 7.98. The first-order valence-corrected chi connectivity index (χ1v) is 16.6. The van der Waals surface area contributed by atoms with Crippen molar-refractivity contribution in [1.29, 1.82) is 0 Å². The second-order valence-corrected chi connectivity index (χ2v) is 14.9. The maximum atomic E-state index is 12.6. The Kier molecular flexibility index (Phi) is 10.2. The van der Waals surface area contributed by atoms with Gasteiger partial charge in [-0.15, -0.1) is 11.8 Å². The Labute approximate surface area is 256 Å². The van der Waals surface area contributed by atoms with Gasteiger partial charge >= 0.3 is 12.4 Å². The van der Waals surface area contributed by atoms with Crippen LogP contribution < -0.4 is 9.47 Å². The van der Waals surface area contributed by atoms with Gasteiger partial charge in [-0.05, 0) is 41.6 Å². The summed E-state index contributed by atoms with van der Waals surface area (Å²) in [7, 11) is -3.53. The molecule has 4 rings (SSSR count). The summed E-state index contributed by atoms with van der Waals surface area (Å²) in [6.45, 7) is 7.11. The number of ether oxygens (including phenoxy) is 2. The van der Waals surface area contributed by atoms with Crippen LogP contribution in [0.4, 0.5) is 26.3 Å². The fraction of sp³-hybridized carbons (Fsp3) is 0.533. The van der Waals surface area contributed by atoms with Crippen molar-refractivity contribution in [3.05, 3.63) is 46.5 Å². The highest BCUT2D eigenvalue weighted by Crippen LogP contribution is 2.44. The predicted molar refractivity (Wildman–Crippen MR) is 154 cm³/mol. The summed E-state index contributed by atoms with van der Waals surface area (Å²) in [5.74, 6) is -2.52. The van der Waals surface area contributed by atoms with Crippen LogP contribution in [0.3, 0.4) is 0 Å². The van der Waals surface area contributed by atoms with Crippen molar-refractivity contribution in [3.63, 3.8) is 0 Å². The van der Waals surface area contributed by atoms with E-state index in [0.29, 0.717) is 47.8 Å². The summed E-state index contributed by atoms with van der Waals surface area (Å²) >= 11 is 1.53. The first-order valence-electron chi connectivity index (χ1n) is 13.5. The monoisotopic (exact) mass is 668 g/mol. The smallest absolute Gasteiger partial charge is 0.450 e. The molecule has 2 heterocycles. The lowest BCUT2D eigenvalue weighted by Crippen LogP contribution is -2.31. The molecule has 0 saturated heterocycles. The molecule has 0 amide bonds. The number of alkyl halides is 6. The van der Waals surface area contributed by atoms with Crippen LogP contribution in [0.25, 0.3) is 0 Å². The molecule has 244 valence electrons. The van der Waals surface area contributed by atoms with Crippen LogP contribution in [0.2, 0.25) is 0 Å². The number of fused-ring (bicyclic) bond motifs is 2. The molecule has 0 bridgehead atoms. The quantitative estimate of drug-likeness (QED) is 0.222. The third-order valence-electron chi connectivity index (χ3n) is 7.47. The topological polar surface area (TPSA) is 86.7 Å². The van der Waals surface area contributed by atoms with Gasteiger partial charge in [0.25, 0.3) is 0 Å². The first-order chi connectivity index (χ1) is 20.0. The standard InChI is InChI=1S/C15H17F3O4S.C15H17F3O2S/c1-14(2,8-12(19)15(16,17)18)11-7-10(23(3,20)21)6-9-4-5-22-13(9)11;1-14(2,8-12(19)15(16,17)18)11-7-10(21-3)6-9-4-5-20-13(9)11/h6-7H,4-5,8H2,1-3H3;6-7H,4-5,8H2,1-3H3. The van der Waals surface area contributed by atoms with Crippen LogP contribution in [0, 0.1) is 0 Å². The molecule has 2 aromatic carbocycles. The van der Waals surface area contributed by atoms with Gasteiger partial charge in [-0.25, -0.2) is 8.42 Å². The Bertz CT molecular complexity index is 1540. The number of carbonyl (C=O) groups is 2. The van der Waals surface area contributed by atoms with Crippen molar-refractivity contribution in [2.75, 3.05) is 25.7 Å². The number of rotatable bonds is 8. The summed E-state index contributed by atoms with van der Waals surface area (Å²) in [6, 6.07) is 6.61. The molecule has 0 saturated carbocycles. The number of halogens is 6. The molecule has 2 aromatic rings. The van der Waals surface area contributed by atoms with Crippen molar-refractivity contribution >= 4 is 33.2 Å². The van der Waals surface area contributed by atoms with Gasteiger partial charge in [0.2, 0.25) is 11.6 Å². The third kappa shape index (κ3) is 8.29. The van der Waals surface area contributed by atoms with Crippen LogP contribution in [-0.4, -0.2) is 58.1 Å². The van der Waals surface area contributed by atoms with E-state index in [4.69, 9.17) is 9.47 Å². The average Bonchev–Trinajstić information content (AvgIpc) is 3.55. The van der Waals surface area contributed by atoms with Crippen molar-refractivity contribution in [2.24, 2.45) is 0 Å². The number of hydrogen-bond donors (Lipinski definition) is 0. The summed E-state index contributed by atoms with van der Waals surface area (Å²) in [4.78, 5) is 23.7. The Balaban J connectivity index is 0.000000241. The molecule has 2 aliphatic rings. The zero-order valence-electron chi connectivity index (χ0n) is 25.1. The van der Waals surface area contributed by atoms with E-state index in [2.05, 4.69) is 0 Å². The number of carbonyl (C=O) groups excluding carboxylic acids is 2. The number of benzene rings is 2. The lowest BCUT2D eigenvalue weighted by atomic mass is 9.79. The number of hydrogen-bond acceptors (Lipinski definition) is 7. The molecule has 44 heavy (non-hydrogen) atoms. The molecule has 2 aliphatic heterocycles. The van der Waals surface area contributed by atoms with Gasteiger partial charge < -0.3 is 9.47 Å². The second kappa shape index (κ2) is 12.6. The Hall–Kier alpha value is -2.74. The van der Waals surface area contributed by atoms with Gasteiger partial charge in [0, 0.05) is 58.8 Å². The molecule has 6 nitrogen and oxygen atoms in total. The van der Waals surface area contributed by atoms with E-state index in [9.17, 15) is 44.3 Å². The van der Waals surface area contributed by atoms with E-state index >= 15 is 0 Å². The van der Waals surface area contributed by atoms with Gasteiger partial charge in [0.05, 0.1) is 18.1 Å². The molecule has 0 spiro atoms. The zero-order chi connectivity index (χ0) is 33.5. The van der Waals surface area contributed by atoms with Crippen LogP contribution in [0.5, 0.6) is 11.5 Å². The minimum atomic E-state index is -4.92. The van der Waals surface area contributed by atoms with Crippen LogP contribution in [-0.2, 0) is 43.1 Å². The highest BCUT2D eigenvalue weighted by atomic mass is 32.2. The summed E-state index contributed by atoms with van der Waals surface area (Å²) in [5.41, 5.74) is 0.499. The van der Waals surface area contributed by atoms with E-state index < -0.39 is 57.4 Å². The normalized spacial score (nSPS) is 15.0. The van der Waals surface area contributed by atoms with Gasteiger partial charge in [0.1, 0.15) is 11.5 Å². The fourth-order valence-electron chi connectivity index (χ4n) is 5.09. The molecule has 14 heteroatoms. The summed E-state index contributed by atoms with van der Waals surface area (Å²) in [6.07, 6.45) is -6.90. The molecular formula is C30H34F6O6S2. The van der Waals surface area contributed by atoms with Gasteiger partial charge in [0.15, 0.2) is 9.84 Å². The van der Waals surface area contributed by atoms with Crippen molar-refractivity contribution in [1.82, 2.24) is 0 Å². The lowest BCUT2D eigenvalue weighted by molar-refractivity contribution is -0.172. The fourth-order valence-corrected chi connectivity index (χ4v) is 6.27. The van der Waals surface area contributed by atoms with Crippen molar-refractivity contribution in [3.8, 4) is 11.5 Å². The first kappa shape index (κ1) is 35.7. The molecule has 0 atom stereocenters. The summed E-state index contributed by atoms with van der Waals surface area (Å²) < 4.78 is 110. The van der Waals surface area contributed by atoms with Crippen LogP contribution >= 0.6 is 11.8 Å². The van der Waals surface area contributed by atoms with Gasteiger partial charge in [-0.3, -0.25) is 9.59 Å². The van der Waals surface area contributed by atoms with E-state index in [0.717, 1.165) is 23.1 Å². The maximum Gasteiger partial charge on any atom is 0.450 e. The molecule has 0 unspecified atom stereocenters. The lowest BCUT2D eigenvalue weighted by Gasteiger charge is -2.27. The minimum Gasteiger partial charge on any atom is -0.493 e.